The van der Waals surface area contributed by atoms with E-state index in [4.69, 9.17) is 9.84 Å². The summed E-state index contributed by atoms with van der Waals surface area (Å²) in [7, 11) is 0. The second-order valence-electron chi connectivity index (χ2n) is 5.52. The van der Waals surface area contributed by atoms with Crippen molar-refractivity contribution in [3.05, 3.63) is 29.6 Å². The number of halogens is 1. The molecular weight excluding hydrogens is 267 g/mol. The summed E-state index contributed by atoms with van der Waals surface area (Å²) in [6.45, 7) is 2.21. The van der Waals surface area contributed by atoms with Crippen molar-refractivity contribution in [3.63, 3.8) is 0 Å². The van der Waals surface area contributed by atoms with Crippen molar-refractivity contribution in [3.8, 4) is 17.6 Å². The molecule has 1 aliphatic carbocycles. The molecule has 0 spiro atoms. The molecular formula is C18H23FO2. The van der Waals surface area contributed by atoms with E-state index in [1.54, 1.807) is 6.07 Å². The van der Waals surface area contributed by atoms with Gasteiger partial charge in [-0.2, -0.15) is 0 Å². The number of hydrogen-bond donors (Lipinski definition) is 1. The quantitative estimate of drug-likeness (QED) is 0.852. The van der Waals surface area contributed by atoms with Gasteiger partial charge in [-0.25, -0.2) is 4.39 Å². The molecule has 1 N–H and O–H groups in total. The van der Waals surface area contributed by atoms with E-state index in [2.05, 4.69) is 18.8 Å². The number of rotatable bonds is 4. The SMILES string of the molecule is CCC1CCCCC1Oc1cc(F)ccc1C#CCCO. The van der Waals surface area contributed by atoms with Crippen LogP contribution < -0.4 is 4.74 Å². The minimum atomic E-state index is -0.304. The summed E-state index contributed by atoms with van der Waals surface area (Å²) in [5.41, 5.74) is 0.699. The Labute approximate surface area is 126 Å². The van der Waals surface area contributed by atoms with Gasteiger partial charge in [-0.1, -0.05) is 25.2 Å². The van der Waals surface area contributed by atoms with Gasteiger partial charge in [0.1, 0.15) is 17.7 Å². The fourth-order valence-corrected chi connectivity index (χ4v) is 2.87. The molecule has 0 bridgehead atoms. The van der Waals surface area contributed by atoms with Crippen molar-refractivity contribution in [2.24, 2.45) is 5.92 Å². The van der Waals surface area contributed by atoms with Gasteiger partial charge in [-0.15, -0.1) is 0 Å². The predicted octanol–water partition coefficient (Wildman–Crippen LogP) is 3.91. The average Bonchev–Trinajstić information content (AvgIpc) is 2.50. The molecule has 1 aromatic carbocycles. The monoisotopic (exact) mass is 290 g/mol. The highest BCUT2D eigenvalue weighted by molar-refractivity contribution is 5.46. The first-order valence-electron chi connectivity index (χ1n) is 7.80. The van der Waals surface area contributed by atoms with Crippen LogP contribution in [0, 0.1) is 23.6 Å². The molecule has 2 nitrogen and oxygen atoms in total. The summed E-state index contributed by atoms with van der Waals surface area (Å²) in [6.07, 6.45) is 6.29. The Balaban J connectivity index is 2.17. The zero-order valence-corrected chi connectivity index (χ0v) is 12.6. The standard InChI is InChI=1S/C18H23FO2/c1-2-14-7-3-4-9-17(14)21-18-13-16(19)11-10-15(18)8-5-6-12-20/h10-11,13-14,17,20H,2-4,6-7,9,12H2,1H3. The van der Waals surface area contributed by atoms with Crippen molar-refractivity contribution in [2.45, 2.75) is 51.6 Å². The van der Waals surface area contributed by atoms with Crippen molar-refractivity contribution in [2.75, 3.05) is 6.61 Å². The molecule has 0 heterocycles. The fraction of sp³-hybridized carbons (Fsp3) is 0.556. The Kier molecular flexibility index (Phi) is 6.07. The summed E-state index contributed by atoms with van der Waals surface area (Å²) >= 11 is 0. The first kappa shape index (κ1) is 15.9. The van der Waals surface area contributed by atoms with Crippen LogP contribution in [0.5, 0.6) is 5.75 Å². The highest BCUT2D eigenvalue weighted by Crippen LogP contribution is 2.31. The summed E-state index contributed by atoms with van der Waals surface area (Å²) < 4.78 is 19.6. The minimum absolute atomic E-state index is 0.0327. The Morgan fingerprint density at radius 2 is 2.14 bits per heavy atom. The Hall–Kier alpha value is -1.53. The number of aliphatic hydroxyl groups excluding tert-OH is 1. The van der Waals surface area contributed by atoms with Crippen LogP contribution in [0.4, 0.5) is 4.39 Å². The average molecular weight is 290 g/mol. The first-order chi connectivity index (χ1) is 10.2. The normalized spacial score (nSPS) is 21.5. The predicted molar refractivity (Wildman–Crippen MR) is 81.6 cm³/mol. The molecule has 0 saturated heterocycles. The number of benzene rings is 1. The van der Waals surface area contributed by atoms with E-state index in [0.717, 1.165) is 12.8 Å². The summed E-state index contributed by atoms with van der Waals surface area (Å²) in [5.74, 6) is 6.60. The lowest BCUT2D eigenvalue weighted by Gasteiger charge is -2.31. The molecule has 3 heteroatoms. The van der Waals surface area contributed by atoms with E-state index >= 15 is 0 Å². The molecule has 0 aromatic heterocycles. The summed E-state index contributed by atoms with van der Waals surface area (Å²) in [6, 6.07) is 4.47. The van der Waals surface area contributed by atoms with Gasteiger partial charge in [-0.05, 0) is 43.7 Å². The molecule has 1 fully saturated rings. The number of hydrogen-bond acceptors (Lipinski definition) is 2. The van der Waals surface area contributed by atoms with E-state index in [-0.39, 0.29) is 18.5 Å². The van der Waals surface area contributed by atoms with E-state index < -0.39 is 0 Å². The second kappa shape index (κ2) is 8.05. The summed E-state index contributed by atoms with van der Waals surface area (Å²) in [5, 5.41) is 8.79. The van der Waals surface area contributed by atoms with Crippen LogP contribution in [-0.2, 0) is 0 Å². The fourth-order valence-electron chi connectivity index (χ4n) is 2.87. The Morgan fingerprint density at radius 1 is 1.33 bits per heavy atom. The van der Waals surface area contributed by atoms with Crippen LogP contribution >= 0.6 is 0 Å². The largest absolute Gasteiger partial charge is 0.489 e. The maximum atomic E-state index is 13.5. The second-order valence-corrected chi connectivity index (χ2v) is 5.52. The molecule has 2 rings (SSSR count). The lowest BCUT2D eigenvalue weighted by molar-refractivity contribution is 0.0898. The Bertz CT molecular complexity index is 516. The molecule has 114 valence electrons. The molecule has 0 aliphatic heterocycles. The first-order valence-corrected chi connectivity index (χ1v) is 7.80. The van der Waals surface area contributed by atoms with Crippen molar-refractivity contribution < 1.29 is 14.2 Å². The molecule has 0 radical (unpaired) electrons. The molecule has 1 aromatic rings. The van der Waals surface area contributed by atoms with E-state index in [0.29, 0.717) is 23.7 Å². The van der Waals surface area contributed by atoms with E-state index in [1.807, 2.05) is 0 Å². The van der Waals surface area contributed by atoms with Gasteiger partial charge in [0.05, 0.1) is 12.2 Å². The van der Waals surface area contributed by atoms with Crippen LogP contribution in [0.15, 0.2) is 18.2 Å². The minimum Gasteiger partial charge on any atom is -0.489 e. The van der Waals surface area contributed by atoms with Gasteiger partial charge < -0.3 is 9.84 Å². The number of aliphatic hydroxyl groups is 1. The summed E-state index contributed by atoms with van der Waals surface area (Å²) in [4.78, 5) is 0. The molecule has 0 amide bonds. The third-order valence-electron chi connectivity index (χ3n) is 4.05. The third-order valence-corrected chi connectivity index (χ3v) is 4.05. The van der Waals surface area contributed by atoms with Crippen LogP contribution in [0.2, 0.25) is 0 Å². The maximum absolute atomic E-state index is 13.5. The van der Waals surface area contributed by atoms with Gasteiger partial charge in [-0.3, -0.25) is 0 Å². The van der Waals surface area contributed by atoms with Crippen LogP contribution in [0.3, 0.4) is 0 Å². The third kappa shape index (κ3) is 4.47. The van der Waals surface area contributed by atoms with Crippen molar-refractivity contribution in [1.82, 2.24) is 0 Å². The maximum Gasteiger partial charge on any atom is 0.138 e. The lowest BCUT2D eigenvalue weighted by Crippen LogP contribution is -2.30. The Morgan fingerprint density at radius 3 is 2.90 bits per heavy atom. The van der Waals surface area contributed by atoms with Crippen LogP contribution in [-0.4, -0.2) is 17.8 Å². The highest BCUT2D eigenvalue weighted by atomic mass is 19.1. The van der Waals surface area contributed by atoms with Crippen LogP contribution in [0.1, 0.15) is 51.0 Å². The van der Waals surface area contributed by atoms with Gasteiger partial charge in [0, 0.05) is 12.5 Å². The van der Waals surface area contributed by atoms with E-state index in [1.165, 1.54) is 31.4 Å². The zero-order chi connectivity index (χ0) is 15.1. The lowest BCUT2D eigenvalue weighted by atomic mass is 9.84. The molecule has 1 aliphatic rings. The smallest absolute Gasteiger partial charge is 0.138 e. The van der Waals surface area contributed by atoms with Gasteiger partial charge >= 0.3 is 0 Å². The molecule has 2 unspecified atom stereocenters. The van der Waals surface area contributed by atoms with Crippen molar-refractivity contribution in [1.29, 1.82) is 0 Å². The molecule has 21 heavy (non-hydrogen) atoms. The molecule has 1 saturated carbocycles. The van der Waals surface area contributed by atoms with Gasteiger partial charge in [0.2, 0.25) is 0 Å². The van der Waals surface area contributed by atoms with Gasteiger partial charge in [0.25, 0.3) is 0 Å². The molecule has 2 atom stereocenters. The van der Waals surface area contributed by atoms with Crippen LogP contribution in [0.25, 0.3) is 0 Å². The highest BCUT2D eigenvalue weighted by Gasteiger charge is 2.25. The van der Waals surface area contributed by atoms with Crippen molar-refractivity contribution >= 4 is 0 Å². The zero-order valence-electron chi connectivity index (χ0n) is 12.6. The van der Waals surface area contributed by atoms with E-state index in [9.17, 15) is 4.39 Å². The van der Waals surface area contributed by atoms with Gasteiger partial charge in [0.15, 0.2) is 0 Å². The topological polar surface area (TPSA) is 29.5 Å². The number of ether oxygens (including phenoxy) is 1.